The highest BCUT2D eigenvalue weighted by Gasteiger charge is 2.38. The second-order valence-corrected chi connectivity index (χ2v) is 8.11. The lowest BCUT2D eigenvalue weighted by atomic mass is 10.0. The lowest BCUT2D eigenvalue weighted by Crippen LogP contribution is -2.51. The molecule has 166 valence electrons. The van der Waals surface area contributed by atoms with Crippen LogP contribution in [0.4, 0.5) is 0 Å². The minimum Gasteiger partial charge on any atom is -0.484 e. The molecule has 2 heterocycles. The molecule has 1 saturated heterocycles. The summed E-state index contributed by atoms with van der Waals surface area (Å²) in [6.45, 7) is 5.10. The summed E-state index contributed by atoms with van der Waals surface area (Å²) >= 11 is 0. The Labute approximate surface area is 186 Å². The van der Waals surface area contributed by atoms with Crippen LogP contribution >= 0.6 is 0 Å². The molecule has 0 unspecified atom stereocenters. The fraction of sp³-hybridized carbons (Fsp3) is 0.333. The molecule has 1 fully saturated rings. The monoisotopic (exact) mass is 435 g/mol. The highest BCUT2D eigenvalue weighted by molar-refractivity contribution is 6.22. The van der Waals surface area contributed by atoms with E-state index in [1.165, 1.54) is 11.0 Å². The number of carbonyl (C=O) groups is 4. The van der Waals surface area contributed by atoms with Crippen LogP contribution in [0, 0.1) is 0 Å². The van der Waals surface area contributed by atoms with Gasteiger partial charge in [0.05, 0.1) is 11.1 Å². The number of imide groups is 1. The number of fused-ring (bicyclic) bond motifs is 1. The summed E-state index contributed by atoms with van der Waals surface area (Å²) < 4.78 is 5.52. The van der Waals surface area contributed by atoms with Gasteiger partial charge in [0, 0.05) is 37.8 Å². The number of para-hydroxylation sites is 1. The van der Waals surface area contributed by atoms with Gasteiger partial charge in [0.25, 0.3) is 23.6 Å². The van der Waals surface area contributed by atoms with E-state index >= 15 is 0 Å². The van der Waals surface area contributed by atoms with Gasteiger partial charge >= 0.3 is 0 Å². The molecule has 0 N–H and O–H groups in total. The number of nitrogens with zero attached hydrogens (tertiary/aromatic N) is 3. The maximum Gasteiger partial charge on any atom is 0.261 e. The molecular weight excluding hydrogens is 410 g/mol. The standard InChI is InChI=1S/C24H25N3O5/c1-16(2)27-23(30)19-9-8-17(14-20(19)24(27)31)22(29)26-12-10-25(11-13-26)21(28)15-32-18-6-4-3-5-7-18/h3-9,14,16H,10-13,15H2,1-2H3. The van der Waals surface area contributed by atoms with Crippen molar-refractivity contribution in [2.75, 3.05) is 32.8 Å². The smallest absolute Gasteiger partial charge is 0.261 e. The molecule has 2 aliphatic heterocycles. The third-order valence-corrected chi connectivity index (χ3v) is 5.71. The second kappa shape index (κ2) is 8.82. The average molecular weight is 435 g/mol. The van der Waals surface area contributed by atoms with E-state index in [1.54, 1.807) is 47.9 Å². The van der Waals surface area contributed by atoms with E-state index in [0.717, 1.165) is 0 Å². The summed E-state index contributed by atoms with van der Waals surface area (Å²) in [5.41, 5.74) is 0.957. The van der Waals surface area contributed by atoms with Crippen molar-refractivity contribution < 1.29 is 23.9 Å². The molecule has 0 bridgehead atoms. The van der Waals surface area contributed by atoms with Gasteiger partial charge in [-0.15, -0.1) is 0 Å². The van der Waals surface area contributed by atoms with Gasteiger partial charge in [0.15, 0.2) is 6.61 Å². The van der Waals surface area contributed by atoms with Gasteiger partial charge in [-0.25, -0.2) is 0 Å². The molecule has 0 aliphatic carbocycles. The van der Waals surface area contributed by atoms with Crippen molar-refractivity contribution in [2.45, 2.75) is 19.9 Å². The fourth-order valence-electron chi connectivity index (χ4n) is 3.96. The number of hydrogen-bond acceptors (Lipinski definition) is 5. The van der Waals surface area contributed by atoms with Crippen LogP contribution in [0.15, 0.2) is 48.5 Å². The number of amides is 4. The maximum atomic E-state index is 13.0. The van der Waals surface area contributed by atoms with Crippen LogP contribution < -0.4 is 4.74 Å². The first-order chi connectivity index (χ1) is 15.4. The zero-order valence-electron chi connectivity index (χ0n) is 18.1. The number of ether oxygens (including phenoxy) is 1. The third-order valence-electron chi connectivity index (χ3n) is 5.71. The van der Waals surface area contributed by atoms with E-state index in [9.17, 15) is 19.2 Å². The quantitative estimate of drug-likeness (QED) is 0.671. The van der Waals surface area contributed by atoms with Crippen LogP contribution in [-0.2, 0) is 4.79 Å². The number of hydrogen-bond donors (Lipinski definition) is 0. The Morgan fingerprint density at radius 3 is 2.16 bits per heavy atom. The summed E-state index contributed by atoms with van der Waals surface area (Å²) in [5.74, 6) is -0.414. The topological polar surface area (TPSA) is 87.2 Å². The Kier molecular flexibility index (Phi) is 5.94. The molecule has 0 spiro atoms. The third kappa shape index (κ3) is 4.08. The molecule has 32 heavy (non-hydrogen) atoms. The molecule has 8 nitrogen and oxygen atoms in total. The molecule has 0 atom stereocenters. The molecule has 4 amide bonds. The normalized spacial score (nSPS) is 15.9. The van der Waals surface area contributed by atoms with Crippen LogP contribution in [0.3, 0.4) is 0 Å². The van der Waals surface area contributed by atoms with E-state index in [1.807, 2.05) is 18.2 Å². The molecule has 0 radical (unpaired) electrons. The second-order valence-electron chi connectivity index (χ2n) is 8.11. The van der Waals surface area contributed by atoms with E-state index in [2.05, 4.69) is 0 Å². The van der Waals surface area contributed by atoms with Crippen molar-refractivity contribution in [3.05, 3.63) is 65.2 Å². The predicted molar refractivity (Wildman–Crippen MR) is 116 cm³/mol. The molecule has 2 aromatic rings. The van der Waals surface area contributed by atoms with Gasteiger partial charge in [0.2, 0.25) is 0 Å². The molecule has 0 aromatic heterocycles. The fourth-order valence-corrected chi connectivity index (χ4v) is 3.96. The van der Waals surface area contributed by atoms with Gasteiger partial charge in [-0.3, -0.25) is 24.1 Å². The van der Waals surface area contributed by atoms with Crippen LogP contribution in [0.5, 0.6) is 5.75 Å². The molecule has 8 heteroatoms. The summed E-state index contributed by atoms with van der Waals surface area (Å²) in [4.78, 5) is 55.0. The van der Waals surface area contributed by atoms with Crippen LogP contribution in [0.25, 0.3) is 0 Å². The number of benzene rings is 2. The number of rotatable bonds is 5. The van der Waals surface area contributed by atoms with Crippen molar-refractivity contribution in [1.82, 2.24) is 14.7 Å². The zero-order chi connectivity index (χ0) is 22.8. The van der Waals surface area contributed by atoms with Crippen molar-refractivity contribution in [1.29, 1.82) is 0 Å². The molecule has 2 aliphatic rings. The number of piperazine rings is 1. The van der Waals surface area contributed by atoms with E-state index in [0.29, 0.717) is 43.1 Å². The van der Waals surface area contributed by atoms with Gasteiger partial charge in [-0.2, -0.15) is 0 Å². The van der Waals surface area contributed by atoms with Crippen molar-refractivity contribution in [3.63, 3.8) is 0 Å². The zero-order valence-corrected chi connectivity index (χ0v) is 18.1. The van der Waals surface area contributed by atoms with Gasteiger partial charge in [0.1, 0.15) is 5.75 Å². The van der Waals surface area contributed by atoms with E-state index in [4.69, 9.17) is 4.74 Å². The highest BCUT2D eigenvalue weighted by atomic mass is 16.5. The predicted octanol–water partition coefficient (Wildman–Crippen LogP) is 2.05. The Balaban J connectivity index is 1.36. The lowest BCUT2D eigenvalue weighted by Gasteiger charge is -2.34. The first-order valence-electron chi connectivity index (χ1n) is 10.6. The first kappa shape index (κ1) is 21.5. The lowest BCUT2D eigenvalue weighted by molar-refractivity contribution is -0.134. The van der Waals surface area contributed by atoms with Crippen LogP contribution in [-0.4, -0.2) is 77.2 Å². The van der Waals surface area contributed by atoms with Gasteiger partial charge < -0.3 is 14.5 Å². The van der Waals surface area contributed by atoms with Crippen LogP contribution in [0.1, 0.15) is 44.9 Å². The Hall–Kier alpha value is -3.68. The van der Waals surface area contributed by atoms with Gasteiger partial charge in [-0.1, -0.05) is 18.2 Å². The largest absolute Gasteiger partial charge is 0.484 e. The number of carbonyl (C=O) groups excluding carboxylic acids is 4. The molecule has 2 aromatic carbocycles. The Morgan fingerprint density at radius 1 is 0.875 bits per heavy atom. The minimum atomic E-state index is -0.372. The van der Waals surface area contributed by atoms with E-state index in [-0.39, 0.29) is 41.8 Å². The van der Waals surface area contributed by atoms with Crippen molar-refractivity contribution in [3.8, 4) is 5.75 Å². The summed E-state index contributed by atoms with van der Waals surface area (Å²) in [6.07, 6.45) is 0. The average Bonchev–Trinajstić information content (AvgIpc) is 3.07. The highest BCUT2D eigenvalue weighted by Crippen LogP contribution is 2.26. The van der Waals surface area contributed by atoms with Crippen LogP contribution in [0.2, 0.25) is 0 Å². The molecule has 0 saturated carbocycles. The minimum absolute atomic E-state index is 0.0503. The summed E-state index contributed by atoms with van der Waals surface area (Å²) in [7, 11) is 0. The van der Waals surface area contributed by atoms with Crippen molar-refractivity contribution in [2.24, 2.45) is 0 Å². The Morgan fingerprint density at radius 2 is 1.50 bits per heavy atom. The Bertz CT molecular complexity index is 1060. The summed E-state index contributed by atoms with van der Waals surface area (Å²) in [6, 6.07) is 13.5. The van der Waals surface area contributed by atoms with E-state index < -0.39 is 0 Å². The SMILES string of the molecule is CC(C)N1C(=O)c2ccc(C(=O)N3CCN(C(=O)COc4ccccc4)CC3)cc2C1=O. The van der Waals surface area contributed by atoms with Crippen molar-refractivity contribution >= 4 is 23.6 Å². The maximum absolute atomic E-state index is 13.0. The summed E-state index contributed by atoms with van der Waals surface area (Å²) in [5, 5.41) is 0. The molecular formula is C24H25N3O5. The first-order valence-corrected chi connectivity index (χ1v) is 10.6. The molecule has 4 rings (SSSR count). The van der Waals surface area contributed by atoms with Gasteiger partial charge in [-0.05, 0) is 44.2 Å².